The summed E-state index contributed by atoms with van der Waals surface area (Å²) in [5, 5.41) is 22.2. The van der Waals surface area contributed by atoms with Gasteiger partial charge in [0.05, 0.1) is 27.9 Å². The van der Waals surface area contributed by atoms with Crippen molar-refractivity contribution in [3.63, 3.8) is 0 Å². The summed E-state index contributed by atoms with van der Waals surface area (Å²) in [4.78, 5) is 53.4. The van der Waals surface area contributed by atoms with E-state index in [-0.39, 0.29) is 59.1 Å². The molecular weight excluding hydrogens is 684 g/mol. The molecule has 0 spiro atoms. The molecule has 45 heavy (non-hydrogen) atoms. The molecule has 2 aliphatic heterocycles. The highest BCUT2D eigenvalue weighted by atomic mass is 79.9. The highest BCUT2D eigenvalue weighted by Crippen LogP contribution is 2.52. The number of imidazole rings is 1. The maximum Gasteiger partial charge on any atom is 0.355 e. The molecule has 11 nitrogen and oxygen atoms in total. The Labute approximate surface area is 277 Å². The van der Waals surface area contributed by atoms with Gasteiger partial charge in [-0.1, -0.05) is 60.4 Å². The zero-order valence-corrected chi connectivity index (χ0v) is 27.7. The fourth-order valence-electron chi connectivity index (χ4n) is 6.06. The number of carbonyl (C=O) groups is 3. The van der Waals surface area contributed by atoms with E-state index in [1.54, 1.807) is 19.1 Å². The number of hydrogen-bond donors (Lipinski definition) is 1. The molecule has 1 saturated heterocycles. The van der Waals surface area contributed by atoms with E-state index in [2.05, 4.69) is 0 Å². The number of ketones is 1. The lowest BCUT2D eigenvalue weighted by Gasteiger charge is -2.46. The van der Waals surface area contributed by atoms with E-state index in [0.717, 1.165) is 14.7 Å². The molecule has 4 atom stereocenters. The molecule has 0 unspecified atom stereocenters. The first-order chi connectivity index (χ1) is 21.1. The number of nitro benzene ring substituents is 1. The maximum absolute atomic E-state index is 13.6. The number of Topliss-reactive ketones (excluding diaryl/α,β-unsaturated/α-hetero) is 1. The summed E-state index contributed by atoms with van der Waals surface area (Å²) >= 11 is 2.97. The van der Waals surface area contributed by atoms with Crippen molar-refractivity contribution in [2.45, 2.75) is 44.2 Å². The molecule has 1 amide bonds. The molecule has 0 aliphatic carbocycles. The number of thioether (sulfide) groups is 1. The predicted octanol–water partition coefficient (Wildman–Crippen LogP) is 1.12. The van der Waals surface area contributed by atoms with Crippen molar-refractivity contribution in [2.24, 2.45) is 11.8 Å². The lowest BCUT2D eigenvalue weighted by atomic mass is 9.77. The number of carbonyl (C=O) groups excluding carboxylic acids is 3. The van der Waals surface area contributed by atoms with E-state index in [4.69, 9.17) is 4.74 Å². The fourth-order valence-corrected chi connectivity index (χ4v) is 8.24. The maximum atomic E-state index is 13.6. The van der Waals surface area contributed by atoms with Crippen LogP contribution in [0.3, 0.4) is 0 Å². The number of aliphatic hydroxyl groups is 1. The van der Waals surface area contributed by atoms with Crippen molar-refractivity contribution in [1.29, 1.82) is 0 Å². The highest BCUT2D eigenvalue weighted by molar-refractivity contribution is 7.98. The van der Waals surface area contributed by atoms with Gasteiger partial charge in [-0.25, -0.2) is 9.36 Å². The van der Waals surface area contributed by atoms with Crippen LogP contribution in [0, 0.1) is 22.0 Å². The van der Waals surface area contributed by atoms with Crippen molar-refractivity contribution in [1.82, 2.24) is 9.30 Å². The summed E-state index contributed by atoms with van der Waals surface area (Å²) in [6.07, 6.45) is 4.81. The molecule has 0 radical (unpaired) electrons. The van der Waals surface area contributed by atoms with Crippen molar-refractivity contribution in [2.75, 3.05) is 6.26 Å². The van der Waals surface area contributed by atoms with Gasteiger partial charge in [0.15, 0.2) is 6.54 Å². The van der Waals surface area contributed by atoms with Gasteiger partial charge in [0.2, 0.25) is 21.5 Å². The smallest absolute Gasteiger partial charge is 0.355 e. The number of halogens is 1. The number of aromatic nitrogens is 2. The van der Waals surface area contributed by atoms with E-state index in [0.29, 0.717) is 16.7 Å². The summed E-state index contributed by atoms with van der Waals surface area (Å²) in [5.41, 5.74) is 1.93. The Kier molecular flexibility index (Phi) is 9.31. The summed E-state index contributed by atoms with van der Waals surface area (Å²) < 4.78 is 9.47. The van der Waals surface area contributed by atoms with E-state index in [1.807, 2.05) is 52.9 Å². The number of nitrogens with zero attached hydrogens (tertiary/aromatic N) is 4. The molecule has 234 valence electrons. The topological polar surface area (TPSA) is 135 Å². The predicted molar refractivity (Wildman–Crippen MR) is 163 cm³/mol. The van der Waals surface area contributed by atoms with Crippen LogP contribution in [0.1, 0.15) is 34.6 Å². The number of esters is 1. The number of aliphatic hydroxyl groups excluding tert-OH is 1. The Hall–Kier alpha value is -3.85. The van der Waals surface area contributed by atoms with Gasteiger partial charge in [0.25, 0.3) is 12.0 Å². The van der Waals surface area contributed by atoms with Gasteiger partial charge in [0, 0.05) is 29.2 Å². The average molecular weight is 714 g/mol. The number of fused-ring (bicyclic) bond motifs is 2. The molecule has 14 heteroatoms. The first-order valence-electron chi connectivity index (χ1n) is 13.9. The Balaban J connectivity index is 0.00000400. The van der Waals surface area contributed by atoms with Gasteiger partial charge in [0.1, 0.15) is 18.5 Å². The second-order valence-electron chi connectivity index (χ2n) is 10.9. The number of amides is 1. The number of nitro groups is 1. The monoisotopic (exact) mass is 712 g/mol. The number of β-lactam (4-membered cyclic amide) rings is 1. The number of hydrogen-bond acceptors (Lipinski definition) is 9. The summed E-state index contributed by atoms with van der Waals surface area (Å²) in [7, 11) is 0. The first kappa shape index (κ1) is 32.5. The number of rotatable bonds is 10. The largest absolute Gasteiger partial charge is 1.00 e. The molecule has 0 bridgehead atoms. The highest BCUT2D eigenvalue weighted by Gasteiger charge is 2.60. The van der Waals surface area contributed by atoms with E-state index < -0.39 is 29.0 Å². The van der Waals surface area contributed by atoms with Crippen LogP contribution in [-0.2, 0) is 27.5 Å². The van der Waals surface area contributed by atoms with E-state index in [9.17, 15) is 29.6 Å². The zero-order chi connectivity index (χ0) is 31.3. The molecule has 2 aromatic carbocycles. The van der Waals surface area contributed by atoms with Crippen LogP contribution >= 0.6 is 23.1 Å². The minimum absolute atomic E-state index is 0. The van der Waals surface area contributed by atoms with Crippen LogP contribution < -0.4 is 21.5 Å². The van der Waals surface area contributed by atoms with Crippen molar-refractivity contribution in [3.05, 3.63) is 98.9 Å². The second-order valence-corrected chi connectivity index (χ2v) is 12.7. The van der Waals surface area contributed by atoms with Crippen LogP contribution in [-0.4, -0.2) is 55.4 Å². The molecule has 6 rings (SSSR count). The van der Waals surface area contributed by atoms with Crippen molar-refractivity contribution < 1.29 is 50.7 Å². The summed E-state index contributed by atoms with van der Waals surface area (Å²) in [6, 6.07) is 14.4. The lowest BCUT2D eigenvalue weighted by molar-refractivity contribution is -0.716. The molecule has 2 aliphatic rings. The first-order valence-corrected chi connectivity index (χ1v) is 16.0. The zero-order valence-electron chi connectivity index (χ0n) is 24.5. The minimum Gasteiger partial charge on any atom is -1.00 e. The normalized spacial score (nSPS) is 19.6. The van der Waals surface area contributed by atoms with Gasteiger partial charge in [-0.3, -0.25) is 19.7 Å². The third-order valence-corrected chi connectivity index (χ3v) is 10.2. The Morgan fingerprint density at radius 3 is 2.49 bits per heavy atom. The van der Waals surface area contributed by atoms with Crippen LogP contribution in [0.4, 0.5) is 5.69 Å². The number of thiazole rings is 1. The molecular formula is C31H29BrN4O7S2. The van der Waals surface area contributed by atoms with Crippen LogP contribution in [0.5, 0.6) is 0 Å². The number of ether oxygens (including phenoxy) is 1. The standard InChI is InChI=1S/C31H29N4O7S2.BrH/c1-17-24(23-14-33-16-32(29(43-3)30(33)44-23)13-22(37)20-7-5-4-6-8-20)27(34-26(17)25(18(2)36)28(34)38)31(39)42-15-19-9-11-21(12-10-19)35(40)41;/h4-12,14,16-18,25-26,36H,13,15H2,1-3H3;1H/q+1;/p-1/t17-,18+,25+,26+;/m0./s1. The van der Waals surface area contributed by atoms with Gasteiger partial charge in [-0.05, 0) is 30.9 Å². The molecule has 1 N–H and O–H groups in total. The Bertz CT molecular complexity index is 1840. The summed E-state index contributed by atoms with van der Waals surface area (Å²) in [6.45, 7) is 3.55. The third-order valence-electron chi connectivity index (χ3n) is 8.16. The van der Waals surface area contributed by atoms with Gasteiger partial charge < -0.3 is 31.7 Å². The number of benzene rings is 2. The van der Waals surface area contributed by atoms with Crippen LogP contribution in [0.2, 0.25) is 0 Å². The van der Waals surface area contributed by atoms with E-state index in [1.165, 1.54) is 52.3 Å². The number of non-ortho nitro benzene ring substituents is 1. The van der Waals surface area contributed by atoms with Crippen molar-refractivity contribution in [3.8, 4) is 0 Å². The van der Waals surface area contributed by atoms with Gasteiger partial charge in [-0.15, -0.1) is 0 Å². The van der Waals surface area contributed by atoms with Gasteiger partial charge in [-0.2, -0.15) is 4.40 Å². The second kappa shape index (κ2) is 12.9. The van der Waals surface area contributed by atoms with Gasteiger partial charge >= 0.3 is 5.97 Å². The van der Waals surface area contributed by atoms with Crippen molar-refractivity contribution >= 4 is 56.8 Å². The summed E-state index contributed by atoms with van der Waals surface area (Å²) in [5.74, 6) is -1.93. The Morgan fingerprint density at radius 2 is 1.87 bits per heavy atom. The molecule has 4 heterocycles. The molecule has 0 saturated carbocycles. The Morgan fingerprint density at radius 1 is 1.18 bits per heavy atom. The SMILES string of the molecule is CSc1c2sc(C3=C(C(=O)OCc4ccc([N+](=O)[O-])cc4)N4C(=O)[C@H]([C@@H](C)O)[C@H]4[C@H]3C)cn2c[n+]1CC(=O)c1ccccc1.[Br-]. The van der Waals surface area contributed by atoms with Crippen LogP contribution in [0.25, 0.3) is 10.4 Å². The fraction of sp³-hybridized carbons (Fsp3) is 0.290. The molecule has 2 aromatic heterocycles. The third kappa shape index (κ3) is 5.71. The molecule has 4 aromatic rings. The van der Waals surface area contributed by atoms with Crippen LogP contribution in [0.15, 0.2) is 77.8 Å². The molecule has 1 fully saturated rings. The van der Waals surface area contributed by atoms with E-state index >= 15 is 0 Å². The lowest BCUT2D eigenvalue weighted by Crippen LogP contribution is -3.00. The average Bonchev–Trinajstić information content (AvgIpc) is 3.63. The quantitative estimate of drug-likeness (QED) is 0.0492. The minimum atomic E-state index is -0.883.